The van der Waals surface area contributed by atoms with Crippen LogP contribution in [0.3, 0.4) is 0 Å². The molecule has 0 aromatic heterocycles. The van der Waals surface area contributed by atoms with Gasteiger partial charge in [-0.1, -0.05) is 27.7 Å². The van der Waals surface area contributed by atoms with Crippen molar-refractivity contribution in [2.75, 3.05) is 26.3 Å². The average molecular weight is 187 g/mol. The first-order valence-electron chi connectivity index (χ1n) is 5.35. The number of hydrogen-bond donors (Lipinski definition) is 1. The molecule has 1 N–H and O–H groups in total. The van der Waals surface area contributed by atoms with Crippen LogP contribution in [0.25, 0.3) is 0 Å². The van der Waals surface area contributed by atoms with Gasteiger partial charge in [-0.2, -0.15) is 0 Å². The quantitative estimate of drug-likeness (QED) is 0.618. The van der Waals surface area contributed by atoms with E-state index in [9.17, 15) is 0 Å². The van der Waals surface area contributed by atoms with E-state index in [0.717, 1.165) is 39.1 Å². The lowest BCUT2D eigenvalue weighted by atomic mass is 9.97. The molecule has 0 spiro atoms. The Morgan fingerprint density at radius 3 is 2.38 bits per heavy atom. The number of hydrogen-bond acceptors (Lipinski definition) is 2. The van der Waals surface area contributed by atoms with E-state index >= 15 is 0 Å². The first kappa shape index (κ1) is 12.9. The summed E-state index contributed by atoms with van der Waals surface area (Å²) in [5.41, 5.74) is 0.393. The lowest BCUT2D eigenvalue weighted by Gasteiger charge is -2.18. The molecule has 0 aliphatic rings. The monoisotopic (exact) mass is 187 g/mol. The molecule has 13 heavy (non-hydrogen) atoms. The summed E-state index contributed by atoms with van der Waals surface area (Å²) in [5.74, 6) is 0. The second kappa shape index (κ2) is 7.34. The van der Waals surface area contributed by atoms with E-state index in [4.69, 9.17) is 4.74 Å². The molecule has 0 heterocycles. The van der Waals surface area contributed by atoms with Crippen LogP contribution in [0.15, 0.2) is 0 Å². The first-order chi connectivity index (χ1) is 6.06. The zero-order valence-corrected chi connectivity index (χ0v) is 9.65. The molecule has 0 amide bonds. The average Bonchev–Trinajstić information content (AvgIpc) is 2.01. The van der Waals surface area contributed by atoms with Crippen LogP contribution in [0.5, 0.6) is 0 Å². The Morgan fingerprint density at radius 2 is 1.85 bits per heavy atom. The van der Waals surface area contributed by atoms with Gasteiger partial charge in [-0.05, 0) is 31.3 Å². The van der Waals surface area contributed by atoms with Gasteiger partial charge in [0.05, 0.1) is 0 Å². The van der Waals surface area contributed by atoms with Crippen LogP contribution in [-0.4, -0.2) is 26.3 Å². The van der Waals surface area contributed by atoms with Crippen LogP contribution >= 0.6 is 0 Å². The summed E-state index contributed by atoms with van der Waals surface area (Å²) >= 11 is 0. The highest BCUT2D eigenvalue weighted by atomic mass is 16.5. The minimum atomic E-state index is 0.393. The Kier molecular flexibility index (Phi) is 7.29. The van der Waals surface area contributed by atoms with Gasteiger partial charge < -0.3 is 10.1 Å². The minimum Gasteiger partial charge on any atom is -0.381 e. The SMILES string of the molecule is CCCOCCCNCC(C)(C)C. The molecule has 0 aromatic carbocycles. The highest BCUT2D eigenvalue weighted by Gasteiger charge is 2.07. The van der Waals surface area contributed by atoms with E-state index in [0.29, 0.717) is 5.41 Å². The molecule has 80 valence electrons. The molecule has 2 nitrogen and oxygen atoms in total. The van der Waals surface area contributed by atoms with Crippen LogP contribution in [0.4, 0.5) is 0 Å². The maximum absolute atomic E-state index is 5.37. The van der Waals surface area contributed by atoms with Crippen molar-refractivity contribution < 1.29 is 4.74 Å². The third-order valence-corrected chi connectivity index (χ3v) is 1.65. The van der Waals surface area contributed by atoms with Crippen LogP contribution < -0.4 is 5.32 Å². The van der Waals surface area contributed by atoms with Crippen molar-refractivity contribution in [3.05, 3.63) is 0 Å². The lowest BCUT2D eigenvalue weighted by molar-refractivity contribution is 0.131. The molecule has 0 fully saturated rings. The van der Waals surface area contributed by atoms with E-state index < -0.39 is 0 Å². The fourth-order valence-electron chi connectivity index (χ4n) is 1.01. The summed E-state index contributed by atoms with van der Waals surface area (Å²) in [6.07, 6.45) is 2.24. The van der Waals surface area contributed by atoms with Gasteiger partial charge in [0.2, 0.25) is 0 Å². The Bertz CT molecular complexity index is 107. The van der Waals surface area contributed by atoms with E-state index in [1.165, 1.54) is 0 Å². The third-order valence-electron chi connectivity index (χ3n) is 1.65. The molecular weight excluding hydrogens is 162 g/mol. The molecule has 0 aliphatic carbocycles. The van der Waals surface area contributed by atoms with Crippen molar-refractivity contribution in [1.82, 2.24) is 5.32 Å². The van der Waals surface area contributed by atoms with Crippen LogP contribution in [0, 0.1) is 5.41 Å². The van der Waals surface area contributed by atoms with Gasteiger partial charge in [0, 0.05) is 13.2 Å². The fourth-order valence-corrected chi connectivity index (χ4v) is 1.01. The molecule has 2 heteroatoms. The molecule has 0 atom stereocenters. The van der Waals surface area contributed by atoms with E-state index in [-0.39, 0.29) is 0 Å². The number of ether oxygens (including phenoxy) is 1. The van der Waals surface area contributed by atoms with Crippen LogP contribution in [-0.2, 0) is 4.74 Å². The molecule has 0 saturated heterocycles. The van der Waals surface area contributed by atoms with Crippen molar-refractivity contribution in [3.8, 4) is 0 Å². The van der Waals surface area contributed by atoms with E-state index in [1.807, 2.05) is 0 Å². The number of rotatable bonds is 7. The van der Waals surface area contributed by atoms with E-state index in [1.54, 1.807) is 0 Å². The molecule has 0 saturated carbocycles. The molecule has 0 aliphatic heterocycles. The molecule has 0 radical (unpaired) electrons. The Morgan fingerprint density at radius 1 is 1.15 bits per heavy atom. The van der Waals surface area contributed by atoms with Gasteiger partial charge in [0.1, 0.15) is 0 Å². The van der Waals surface area contributed by atoms with Crippen LogP contribution in [0.2, 0.25) is 0 Å². The second-order valence-corrected chi connectivity index (χ2v) is 4.70. The molecule has 0 aromatic rings. The Hall–Kier alpha value is -0.0800. The zero-order chi connectivity index (χ0) is 10.2. The lowest BCUT2D eigenvalue weighted by Crippen LogP contribution is -2.28. The first-order valence-corrected chi connectivity index (χ1v) is 5.35. The summed E-state index contributed by atoms with van der Waals surface area (Å²) < 4.78 is 5.37. The highest BCUT2D eigenvalue weighted by molar-refractivity contribution is 4.64. The normalized spacial score (nSPS) is 12.0. The van der Waals surface area contributed by atoms with Gasteiger partial charge in [0.15, 0.2) is 0 Å². The highest BCUT2D eigenvalue weighted by Crippen LogP contribution is 2.09. The van der Waals surface area contributed by atoms with Crippen molar-refractivity contribution in [3.63, 3.8) is 0 Å². The van der Waals surface area contributed by atoms with Gasteiger partial charge in [-0.15, -0.1) is 0 Å². The summed E-state index contributed by atoms with van der Waals surface area (Å²) in [7, 11) is 0. The van der Waals surface area contributed by atoms with Crippen molar-refractivity contribution in [2.24, 2.45) is 5.41 Å². The maximum Gasteiger partial charge on any atom is 0.0478 e. The van der Waals surface area contributed by atoms with E-state index in [2.05, 4.69) is 33.0 Å². The maximum atomic E-state index is 5.37. The predicted octanol–water partition coefficient (Wildman–Crippen LogP) is 2.44. The van der Waals surface area contributed by atoms with Gasteiger partial charge in [-0.25, -0.2) is 0 Å². The predicted molar refractivity (Wildman–Crippen MR) is 58.1 cm³/mol. The molecule has 0 bridgehead atoms. The summed E-state index contributed by atoms with van der Waals surface area (Å²) in [6, 6.07) is 0. The minimum absolute atomic E-state index is 0.393. The van der Waals surface area contributed by atoms with Gasteiger partial charge in [-0.3, -0.25) is 0 Å². The Balaban J connectivity index is 3.00. The summed E-state index contributed by atoms with van der Waals surface area (Å²) in [4.78, 5) is 0. The third kappa shape index (κ3) is 11.9. The second-order valence-electron chi connectivity index (χ2n) is 4.70. The molecule has 0 unspecified atom stereocenters. The van der Waals surface area contributed by atoms with Gasteiger partial charge in [0.25, 0.3) is 0 Å². The fraction of sp³-hybridized carbons (Fsp3) is 1.00. The van der Waals surface area contributed by atoms with Gasteiger partial charge >= 0.3 is 0 Å². The molecular formula is C11H25NO. The molecule has 0 rings (SSSR count). The van der Waals surface area contributed by atoms with Crippen molar-refractivity contribution in [1.29, 1.82) is 0 Å². The summed E-state index contributed by atoms with van der Waals surface area (Å²) in [6.45, 7) is 12.8. The largest absolute Gasteiger partial charge is 0.381 e. The topological polar surface area (TPSA) is 21.3 Å². The standard InChI is InChI=1S/C11H25NO/c1-5-8-13-9-6-7-12-10-11(2,3)4/h12H,5-10H2,1-4H3. The Labute approximate surface area is 83.1 Å². The zero-order valence-electron chi connectivity index (χ0n) is 9.65. The van der Waals surface area contributed by atoms with Crippen molar-refractivity contribution in [2.45, 2.75) is 40.5 Å². The smallest absolute Gasteiger partial charge is 0.0478 e. The van der Waals surface area contributed by atoms with Crippen molar-refractivity contribution >= 4 is 0 Å². The summed E-state index contributed by atoms with van der Waals surface area (Å²) in [5, 5.41) is 3.42. The van der Waals surface area contributed by atoms with Crippen LogP contribution in [0.1, 0.15) is 40.5 Å². The number of nitrogens with one attached hydrogen (secondary N) is 1.